The number of nitrogens with one attached hydrogen (secondary N) is 1. The van der Waals surface area contributed by atoms with Gasteiger partial charge < -0.3 is 10.4 Å². The average Bonchev–Trinajstić information content (AvgIpc) is 2.55. The first-order valence-electron chi connectivity index (χ1n) is 6.62. The molecule has 0 bridgehead atoms. The summed E-state index contributed by atoms with van der Waals surface area (Å²) in [5.41, 5.74) is 0.680. The minimum absolute atomic E-state index is 0.0276. The second-order valence-electron chi connectivity index (χ2n) is 4.68. The number of halogens is 2. The number of aromatic carboxylic acids is 1. The van der Waals surface area contributed by atoms with Gasteiger partial charge in [0.1, 0.15) is 11.6 Å². The molecule has 0 aromatic heterocycles. The number of benzene rings is 2. The molecule has 0 radical (unpaired) electrons. The molecule has 0 aliphatic heterocycles. The van der Waals surface area contributed by atoms with Crippen LogP contribution in [0.25, 0.3) is 6.08 Å². The van der Waals surface area contributed by atoms with Crippen LogP contribution in [0.4, 0.5) is 5.69 Å². The van der Waals surface area contributed by atoms with Crippen molar-refractivity contribution in [1.29, 1.82) is 5.26 Å². The van der Waals surface area contributed by atoms with Crippen molar-refractivity contribution in [3.8, 4) is 6.07 Å². The standard InChI is InChI=1S/C17H10Cl2N2O3/c18-14-5-4-10(7-15(14)19)6-12(9-20)16(22)21-13-3-1-2-11(8-13)17(23)24/h1-8H,(H,21,22)(H,23,24)/b12-6-. The number of carbonyl (C=O) groups excluding carboxylic acids is 1. The van der Waals surface area contributed by atoms with Gasteiger partial charge in [0.15, 0.2) is 0 Å². The van der Waals surface area contributed by atoms with Crippen molar-refractivity contribution in [3.63, 3.8) is 0 Å². The molecular formula is C17H10Cl2N2O3. The number of amides is 1. The Kier molecular flexibility index (Phi) is 5.59. The lowest BCUT2D eigenvalue weighted by molar-refractivity contribution is -0.112. The van der Waals surface area contributed by atoms with Crippen LogP contribution in [0.2, 0.25) is 10.0 Å². The quantitative estimate of drug-likeness (QED) is 0.630. The topological polar surface area (TPSA) is 90.2 Å². The van der Waals surface area contributed by atoms with Crippen LogP contribution < -0.4 is 5.32 Å². The highest BCUT2D eigenvalue weighted by molar-refractivity contribution is 6.42. The van der Waals surface area contributed by atoms with Gasteiger partial charge in [-0.05, 0) is 42.0 Å². The summed E-state index contributed by atoms with van der Waals surface area (Å²) >= 11 is 11.7. The first-order valence-corrected chi connectivity index (χ1v) is 7.38. The summed E-state index contributed by atoms with van der Waals surface area (Å²) < 4.78 is 0. The molecule has 0 atom stereocenters. The summed E-state index contributed by atoms with van der Waals surface area (Å²) in [7, 11) is 0. The Hall–Kier alpha value is -2.81. The molecule has 0 aliphatic rings. The molecule has 7 heteroatoms. The predicted molar refractivity (Wildman–Crippen MR) is 92.1 cm³/mol. The molecule has 2 aromatic carbocycles. The highest BCUT2D eigenvalue weighted by Gasteiger charge is 2.11. The zero-order valence-corrected chi connectivity index (χ0v) is 13.6. The van der Waals surface area contributed by atoms with Crippen LogP contribution in [0.5, 0.6) is 0 Å². The molecule has 0 saturated carbocycles. The first-order chi connectivity index (χ1) is 11.4. The molecule has 0 aliphatic carbocycles. The van der Waals surface area contributed by atoms with Crippen LogP contribution in [-0.2, 0) is 4.79 Å². The van der Waals surface area contributed by atoms with Crippen LogP contribution in [-0.4, -0.2) is 17.0 Å². The number of hydrogen-bond donors (Lipinski definition) is 2. The van der Waals surface area contributed by atoms with E-state index < -0.39 is 11.9 Å². The van der Waals surface area contributed by atoms with Crippen molar-refractivity contribution in [2.24, 2.45) is 0 Å². The zero-order chi connectivity index (χ0) is 17.7. The predicted octanol–water partition coefficient (Wildman–Crippen LogP) is 4.24. The van der Waals surface area contributed by atoms with Gasteiger partial charge in [-0.1, -0.05) is 35.3 Å². The number of anilines is 1. The van der Waals surface area contributed by atoms with E-state index >= 15 is 0 Å². The zero-order valence-electron chi connectivity index (χ0n) is 12.1. The molecule has 24 heavy (non-hydrogen) atoms. The second kappa shape index (κ2) is 7.64. The van der Waals surface area contributed by atoms with Crippen molar-refractivity contribution in [2.75, 3.05) is 5.32 Å². The number of carbonyl (C=O) groups is 2. The van der Waals surface area contributed by atoms with Crippen molar-refractivity contribution >= 4 is 46.8 Å². The van der Waals surface area contributed by atoms with E-state index in [1.165, 1.54) is 36.4 Å². The monoisotopic (exact) mass is 360 g/mol. The van der Waals surface area contributed by atoms with E-state index in [0.29, 0.717) is 15.6 Å². The average molecular weight is 361 g/mol. The van der Waals surface area contributed by atoms with E-state index in [1.54, 1.807) is 18.2 Å². The van der Waals surface area contributed by atoms with Crippen LogP contribution in [0.1, 0.15) is 15.9 Å². The molecule has 2 N–H and O–H groups in total. The van der Waals surface area contributed by atoms with Crippen molar-refractivity contribution in [3.05, 3.63) is 69.2 Å². The third-order valence-corrected chi connectivity index (χ3v) is 3.73. The molecular weight excluding hydrogens is 351 g/mol. The van der Waals surface area contributed by atoms with E-state index in [2.05, 4.69) is 5.32 Å². The maximum absolute atomic E-state index is 12.2. The van der Waals surface area contributed by atoms with Gasteiger partial charge in [0.25, 0.3) is 5.91 Å². The normalized spacial score (nSPS) is 10.8. The lowest BCUT2D eigenvalue weighted by Gasteiger charge is -2.05. The van der Waals surface area contributed by atoms with Crippen LogP contribution >= 0.6 is 23.2 Å². The fourth-order valence-corrected chi connectivity index (χ4v) is 2.15. The maximum Gasteiger partial charge on any atom is 0.335 e. The first kappa shape index (κ1) is 17.5. The third kappa shape index (κ3) is 4.35. The van der Waals surface area contributed by atoms with Crippen LogP contribution in [0.15, 0.2) is 48.0 Å². The summed E-state index contributed by atoms with van der Waals surface area (Å²) in [6.45, 7) is 0. The van der Waals surface area contributed by atoms with E-state index in [9.17, 15) is 14.9 Å². The van der Waals surface area contributed by atoms with Gasteiger partial charge in [0, 0.05) is 5.69 Å². The molecule has 2 aromatic rings. The Balaban J connectivity index is 2.24. The van der Waals surface area contributed by atoms with E-state index in [4.69, 9.17) is 28.3 Å². The van der Waals surface area contributed by atoms with Gasteiger partial charge in [-0.15, -0.1) is 0 Å². The van der Waals surface area contributed by atoms with E-state index in [-0.39, 0.29) is 16.8 Å². The fourth-order valence-electron chi connectivity index (χ4n) is 1.85. The Morgan fingerprint density at radius 3 is 2.50 bits per heavy atom. The highest BCUT2D eigenvalue weighted by atomic mass is 35.5. The molecule has 0 fully saturated rings. The van der Waals surface area contributed by atoms with Crippen LogP contribution in [0.3, 0.4) is 0 Å². The molecule has 5 nitrogen and oxygen atoms in total. The van der Waals surface area contributed by atoms with Crippen molar-refractivity contribution in [2.45, 2.75) is 0 Å². The summed E-state index contributed by atoms with van der Waals surface area (Å²) in [6, 6.07) is 12.2. The Bertz CT molecular complexity index is 886. The van der Waals surface area contributed by atoms with Gasteiger partial charge in [-0.3, -0.25) is 4.79 Å². The minimum atomic E-state index is -1.11. The number of rotatable bonds is 4. The highest BCUT2D eigenvalue weighted by Crippen LogP contribution is 2.24. The molecule has 0 saturated heterocycles. The molecule has 2 rings (SSSR count). The lowest BCUT2D eigenvalue weighted by atomic mass is 10.1. The van der Waals surface area contributed by atoms with Gasteiger partial charge in [-0.25, -0.2) is 4.79 Å². The fraction of sp³-hybridized carbons (Fsp3) is 0. The number of nitrogens with zero attached hydrogens (tertiary/aromatic N) is 1. The number of nitriles is 1. The minimum Gasteiger partial charge on any atom is -0.478 e. The summed E-state index contributed by atoms with van der Waals surface area (Å²) in [5.74, 6) is -1.77. The summed E-state index contributed by atoms with van der Waals surface area (Å²) in [4.78, 5) is 23.1. The Morgan fingerprint density at radius 1 is 1.12 bits per heavy atom. The largest absolute Gasteiger partial charge is 0.478 e. The molecule has 0 unspecified atom stereocenters. The summed E-state index contributed by atoms with van der Waals surface area (Å²) in [6.07, 6.45) is 1.36. The Labute approximate surface area is 147 Å². The van der Waals surface area contributed by atoms with Crippen LogP contribution in [0, 0.1) is 11.3 Å². The van der Waals surface area contributed by atoms with Crippen molar-refractivity contribution < 1.29 is 14.7 Å². The van der Waals surface area contributed by atoms with E-state index in [1.807, 2.05) is 0 Å². The number of carboxylic acids is 1. The maximum atomic E-state index is 12.2. The van der Waals surface area contributed by atoms with Crippen molar-refractivity contribution in [1.82, 2.24) is 0 Å². The molecule has 0 heterocycles. The smallest absolute Gasteiger partial charge is 0.335 e. The SMILES string of the molecule is N#C/C(=C/c1ccc(Cl)c(Cl)c1)C(=O)Nc1cccc(C(=O)O)c1. The number of hydrogen-bond acceptors (Lipinski definition) is 3. The third-order valence-electron chi connectivity index (χ3n) is 2.99. The molecule has 0 spiro atoms. The lowest BCUT2D eigenvalue weighted by Crippen LogP contribution is -2.13. The molecule has 120 valence electrons. The van der Waals surface area contributed by atoms with Gasteiger partial charge in [0.2, 0.25) is 0 Å². The second-order valence-corrected chi connectivity index (χ2v) is 5.50. The van der Waals surface area contributed by atoms with Gasteiger partial charge in [0.05, 0.1) is 15.6 Å². The molecule has 1 amide bonds. The summed E-state index contributed by atoms with van der Waals surface area (Å²) in [5, 5.41) is 21.3. The van der Waals surface area contributed by atoms with Gasteiger partial charge in [-0.2, -0.15) is 5.26 Å². The van der Waals surface area contributed by atoms with E-state index in [0.717, 1.165) is 0 Å². The number of carboxylic acid groups (broad SMARTS) is 1. The Morgan fingerprint density at radius 2 is 1.88 bits per heavy atom. The van der Waals surface area contributed by atoms with Gasteiger partial charge >= 0.3 is 5.97 Å².